The average Bonchev–Trinajstić information content (AvgIpc) is 2.82. The van der Waals surface area contributed by atoms with Crippen molar-refractivity contribution in [2.24, 2.45) is 0 Å². The van der Waals surface area contributed by atoms with Gasteiger partial charge in [0.05, 0.1) is 5.02 Å². The summed E-state index contributed by atoms with van der Waals surface area (Å²) in [5.41, 5.74) is 1.06. The van der Waals surface area contributed by atoms with E-state index in [0.717, 1.165) is 20.8 Å². The fraction of sp³-hybridized carbons (Fsp3) is 0.176. The Morgan fingerprint density at radius 3 is 2.57 bits per heavy atom. The van der Waals surface area contributed by atoms with Crippen LogP contribution in [0.5, 0.6) is 0 Å². The molecule has 0 amide bonds. The van der Waals surface area contributed by atoms with Crippen molar-refractivity contribution < 1.29 is 4.39 Å². The van der Waals surface area contributed by atoms with E-state index in [1.165, 1.54) is 16.8 Å². The minimum Gasteiger partial charge on any atom is -0.305 e. The van der Waals surface area contributed by atoms with Crippen molar-refractivity contribution in [2.75, 3.05) is 0 Å². The van der Waals surface area contributed by atoms with Crippen molar-refractivity contribution in [1.29, 1.82) is 0 Å². The second kappa shape index (κ2) is 6.14. The van der Waals surface area contributed by atoms with E-state index in [0.29, 0.717) is 6.54 Å². The van der Waals surface area contributed by atoms with Gasteiger partial charge < -0.3 is 5.32 Å². The summed E-state index contributed by atoms with van der Waals surface area (Å²) < 4.78 is 14.1. The van der Waals surface area contributed by atoms with Gasteiger partial charge in [-0.05, 0) is 30.7 Å². The minimum absolute atomic E-state index is 0.145. The highest BCUT2D eigenvalue weighted by Gasteiger charge is 2.11. The largest absolute Gasteiger partial charge is 0.305 e. The third kappa shape index (κ3) is 3.10. The van der Waals surface area contributed by atoms with Crippen LogP contribution in [0.1, 0.15) is 23.4 Å². The molecule has 3 aromatic rings. The van der Waals surface area contributed by atoms with E-state index in [9.17, 15) is 4.39 Å². The lowest BCUT2D eigenvalue weighted by Crippen LogP contribution is -2.17. The number of hydrogen-bond donors (Lipinski definition) is 1. The normalized spacial score (nSPS) is 12.7. The highest BCUT2D eigenvalue weighted by Crippen LogP contribution is 2.35. The first-order valence-electron chi connectivity index (χ1n) is 6.80. The maximum atomic E-state index is 12.9. The van der Waals surface area contributed by atoms with E-state index in [4.69, 9.17) is 11.6 Å². The summed E-state index contributed by atoms with van der Waals surface area (Å²) in [5.74, 6) is -0.210. The van der Waals surface area contributed by atoms with Crippen LogP contribution in [0.15, 0.2) is 48.5 Å². The maximum Gasteiger partial charge on any atom is 0.123 e. The SMILES string of the molecule is C[C@H](NCc1sc2ccccc2c1Cl)c1ccc(F)cc1. The molecule has 3 rings (SSSR count). The number of thiophene rings is 1. The second-order valence-corrected chi connectivity index (χ2v) is 6.50. The molecule has 0 unspecified atom stereocenters. The first-order chi connectivity index (χ1) is 10.1. The molecular weight excluding hydrogens is 305 g/mol. The van der Waals surface area contributed by atoms with Crippen LogP contribution in [0.25, 0.3) is 10.1 Å². The minimum atomic E-state index is -0.210. The Morgan fingerprint density at radius 1 is 1.14 bits per heavy atom. The third-order valence-electron chi connectivity index (χ3n) is 3.54. The van der Waals surface area contributed by atoms with E-state index >= 15 is 0 Å². The van der Waals surface area contributed by atoms with Crippen LogP contribution in [0.2, 0.25) is 5.02 Å². The number of halogens is 2. The number of fused-ring (bicyclic) bond motifs is 1. The van der Waals surface area contributed by atoms with Crippen LogP contribution in [0.4, 0.5) is 4.39 Å². The molecule has 2 aromatic carbocycles. The van der Waals surface area contributed by atoms with Gasteiger partial charge >= 0.3 is 0 Å². The van der Waals surface area contributed by atoms with E-state index in [1.807, 2.05) is 18.2 Å². The van der Waals surface area contributed by atoms with Crippen molar-refractivity contribution in [1.82, 2.24) is 5.32 Å². The van der Waals surface area contributed by atoms with Crippen LogP contribution in [0.3, 0.4) is 0 Å². The molecule has 4 heteroatoms. The Labute approximate surface area is 132 Å². The zero-order valence-electron chi connectivity index (χ0n) is 11.6. The fourth-order valence-electron chi connectivity index (χ4n) is 2.29. The summed E-state index contributed by atoms with van der Waals surface area (Å²) in [4.78, 5) is 1.13. The zero-order chi connectivity index (χ0) is 14.8. The number of hydrogen-bond acceptors (Lipinski definition) is 2. The predicted molar refractivity (Wildman–Crippen MR) is 88.5 cm³/mol. The van der Waals surface area contributed by atoms with Crippen LogP contribution in [0, 0.1) is 5.82 Å². The summed E-state index contributed by atoms with van der Waals surface area (Å²) in [6, 6.07) is 14.9. The molecule has 0 saturated heterocycles. The van der Waals surface area contributed by atoms with E-state index in [2.05, 4.69) is 18.3 Å². The summed E-state index contributed by atoms with van der Waals surface area (Å²) >= 11 is 8.14. The zero-order valence-corrected chi connectivity index (χ0v) is 13.1. The van der Waals surface area contributed by atoms with Gasteiger partial charge in [-0.3, -0.25) is 0 Å². The Hall–Kier alpha value is -1.42. The summed E-state index contributed by atoms with van der Waals surface area (Å²) in [7, 11) is 0. The van der Waals surface area contributed by atoms with Gasteiger partial charge in [-0.2, -0.15) is 0 Å². The summed E-state index contributed by atoms with van der Waals surface area (Å²) in [6.45, 7) is 2.77. The Kier molecular flexibility index (Phi) is 4.24. The molecule has 0 spiro atoms. The van der Waals surface area contributed by atoms with Crippen molar-refractivity contribution in [2.45, 2.75) is 19.5 Å². The molecule has 1 atom stereocenters. The molecule has 0 saturated carbocycles. The molecule has 0 bridgehead atoms. The molecular formula is C17H15ClFNS. The standard InChI is InChI=1S/C17H15ClFNS/c1-11(12-6-8-13(19)9-7-12)20-10-16-17(18)14-4-2-3-5-15(14)21-16/h2-9,11,20H,10H2,1H3/t11-/m0/s1. The van der Waals surface area contributed by atoms with Crippen molar-refractivity contribution in [3.63, 3.8) is 0 Å². The lowest BCUT2D eigenvalue weighted by molar-refractivity contribution is 0.575. The highest BCUT2D eigenvalue weighted by molar-refractivity contribution is 7.19. The molecule has 1 N–H and O–H groups in total. The van der Waals surface area contributed by atoms with Crippen molar-refractivity contribution in [3.05, 3.63) is 69.8 Å². The van der Waals surface area contributed by atoms with E-state index in [1.54, 1.807) is 23.5 Å². The molecule has 1 aromatic heterocycles. The summed E-state index contributed by atoms with van der Waals surface area (Å²) in [6.07, 6.45) is 0. The smallest absolute Gasteiger partial charge is 0.123 e. The van der Waals surface area contributed by atoms with Gasteiger partial charge in [-0.15, -0.1) is 11.3 Å². The number of benzene rings is 2. The van der Waals surface area contributed by atoms with Gasteiger partial charge in [-0.25, -0.2) is 4.39 Å². The molecule has 0 fully saturated rings. The van der Waals surface area contributed by atoms with E-state index < -0.39 is 0 Å². The molecule has 0 radical (unpaired) electrons. The van der Waals surface area contributed by atoms with Crippen LogP contribution < -0.4 is 5.32 Å². The van der Waals surface area contributed by atoms with Crippen molar-refractivity contribution >= 4 is 33.0 Å². The van der Waals surface area contributed by atoms with Gasteiger partial charge in [0, 0.05) is 27.5 Å². The first kappa shape index (κ1) is 14.5. The van der Waals surface area contributed by atoms with Gasteiger partial charge in [0.25, 0.3) is 0 Å². The lowest BCUT2D eigenvalue weighted by atomic mass is 10.1. The Balaban J connectivity index is 1.74. The monoisotopic (exact) mass is 319 g/mol. The van der Waals surface area contributed by atoms with E-state index in [-0.39, 0.29) is 11.9 Å². The van der Waals surface area contributed by atoms with Crippen molar-refractivity contribution in [3.8, 4) is 0 Å². The van der Waals surface area contributed by atoms with Crippen LogP contribution in [-0.2, 0) is 6.54 Å². The number of nitrogens with one attached hydrogen (secondary N) is 1. The Bertz CT molecular complexity index is 751. The topological polar surface area (TPSA) is 12.0 Å². The molecule has 0 aliphatic heterocycles. The van der Waals surface area contributed by atoms with Gasteiger partial charge in [0.1, 0.15) is 5.82 Å². The third-order valence-corrected chi connectivity index (χ3v) is 5.25. The summed E-state index contributed by atoms with van der Waals surface area (Å²) in [5, 5.41) is 5.37. The Morgan fingerprint density at radius 2 is 1.86 bits per heavy atom. The van der Waals surface area contributed by atoms with Crippen LogP contribution >= 0.6 is 22.9 Å². The van der Waals surface area contributed by atoms with Gasteiger partial charge in [0.15, 0.2) is 0 Å². The maximum absolute atomic E-state index is 12.9. The number of rotatable bonds is 4. The molecule has 0 aliphatic carbocycles. The van der Waals surface area contributed by atoms with Gasteiger partial charge in [-0.1, -0.05) is 41.9 Å². The quantitative estimate of drug-likeness (QED) is 0.665. The molecule has 21 heavy (non-hydrogen) atoms. The molecule has 108 valence electrons. The second-order valence-electron chi connectivity index (χ2n) is 4.99. The highest BCUT2D eigenvalue weighted by atomic mass is 35.5. The first-order valence-corrected chi connectivity index (χ1v) is 7.99. The molecule has 1 nitrogen and oxygen atoms in total. The van der Waals surface area contributed by atoms with Crippen LogP contribution in [-0.4, -0.2) is 0 Å². The lowest BCUT2D eigenvalue weighted by Gasteiger charge is -2.13. The molecule has 1 heterocycles. The predicted octanol–water partition coefficient (Wildman–Crippen LogP) is 5.54. The molecule has 0 aliphatic rings. The van der Waals surface area contributed by atoms with Gasteiger partial charge in [0.2, 0.25) is 0 Å². The fourth-order valence-corrected chi connectivity index (χ4v) is 3.74. The average molecular weight is 320 g/mol.